The number of hydrogen-bond donors (Lipinski definition) is 1. The van der Waals surface area contributed by atoms with Crippen molar-refractivity contribution in [2.75, 3.05) is 5.32 Å². The number of esters is 1. The molecule has 2 heterocycles. The van der Waals surface area contributed by atoms with Crippen molar-refractivity contribution in [3.8, 4) is 0 Å². The number of anilines is 2. The Kier molecular flexibility index (Phi) is 5.13. The first-order valence-corrected chi connectivity index (χ1v) is 9.11. The smallest absolute Gasteiger partial charge is 0.348 e. The highest BCUT2D eigenvalue weighted by Gasteiger charge is 2.21. The second-order valence-electron chi connectivity index (χ2n) is 5.64. The van der Waals surface area contributed by atoms with Gasteiger partial charge in [0, 0.05) is 0 Å². The molecule has 2 aromatic heterocycles. The van der Waals surface area contributed by atoms with E-state index < -0.39 is 0 Å². The Bertz CT molecular complexity index is 956. The molecule has 0 atom stereocenters. The number of carbonyl (C=O) groups excluding carboxylic acids is 1. The summed E-state index contributed by atoms with van der Waals surface area (Å²) in [5, 5.41) is 4.79. The Hall–Kier alpha value is -1.89. The Morgan fingerprint density at radius 3 is 2.76 bits per heavy atom. The zero-order chi connectivity index (χ0) is 18.1. The lowest BCUT2D eigenvalue weighted by Crippen LogP contribution is -2.11. The summed E-state index contributed by atoms with van der Waals surface area (Å²) < 4.78 is 5.30. The van der Waals surface area contributed by atoms with E-state index in [0.717, 1.165) is 10.9 Å². The molecular formula is C17H15Cl2N3O2S. The number of thiophene rings is 1. The van der Waals surface area contributed by atoms with Gasteiger partial charge in [0.2, 0.25) is 0 Å². The topological polar surface area (TPSA) is 64.1 Å². The first-order valence-electron chi connectivity index (χ1n) is 7.54. The maximum absolute atomic E-state index is 12.3. The summed E-state index contributed by atoms with van der Waals surface area (Å²) in [6, 6.07) is 5.30. The zero-order valence-corrected chi connectivity index (χ0v) is 16.1. The lowest BCUT2D eigenvalue weighted by molar-refractivity contribution is 0.0383. The molecule has 0 radical (unpaired) electrons. The van der Waals surface area contributed by atoms with Gasteiger partial charge in [0.05, 0.1) is 27.2 Å². The molecular weight excluding hydrogens is 381 g/mol. The number of rotatable bonds is 4. The molecule has 0 saturated carbocycles. The maximum atomic E-state index is 12.3. The monoisotopic (exact) mass is 395 g/mol. The lowest BCUT2D eigenvalue weighted by atomic mass is 10.2. The number of fused-ring (bicyclic) bond motifs is 1. The molecule has 0 saturated heterocycles. The molecule has 3 aromatic rings. The first kappa shape index (κ1) is 17.9. The third-order valence-electron chi connectivity index (χ3n) is 3.46. The number of halogens is 2. The van der Waals surface area contributed by atoms with E-state index >= 15 is 0 Å². The van der Waals surface area contributed by atoms with Crippen LogP contribution in [-0.4, -0.2) is 22.0 Å². The Morgan fingerprint density at radius 2 is 2.04 bits per heavy atom. The minimum Gasteiger partial charge on any atom is -0.459 e. The van der Waals surface area contributed by atoms with Crippen molar-refractivity contribution in [2.45, 2.75) is 26.9 Å². The number of nitrogens with zero attached hydrogens (tertiary/aromatic N) is 2. The van der Waals surface area contributed by atoms with E-state index in [1.54, 1.807) is 18.2 Å². The summed E-state index contributed by atoms with van der Waals surface area (Å²) in [4.78, 5) is 22.1. The van der Waals surface area contributed by atoms with E-state index in [2.05, 4.69) is 15.3 Å². The van der Waals surface area contributed by atoms with Gasteiger partial charge in [-0.3, -0.25) is 0 Å². The second-order valence-corrected chi connectivity index (χ2v) is 7.42. The van der Waals surface area contributed by atoms with E-state index in [-0.39, 0.29) is 12.1 Å². The number of carbonyl (C=O) groups is 1. The van der Waals surface area contributed by atoms with Crippen LogP contribution in [-0.2, 0) is 4.74 Å². The molecule has 8 heteroatoms. The average molecular weight is 396 g/mol. The molecule has 25 heavy (non-hydrogen) atoms. The van der Waals surface area contributed by atoms with Gasteiger partial charge in [-0.25, -0.2) is 14.8 Å². The van der Waals surface area contributed by atoms with Crippen LogP contribution >= 0.6 is 34.5 Å². The fourth-order valence-electron chi connectivity index (χ4n) is 2.36. The molecule has 0 spiro atoms. The van der Waals surface area contributed by atoms with Gasteiger partial charge in [0.25, 0.3) is 0 Å². The molecule has 0 aliphatic carbocycles. The summed E-state index contributed by atoms with van der Waals surface area (Å²) in [6.07, 6.45) is 1.25. The minimum atomic E-state index is -0.359. The highest BCUT2D eigenvalue weighted by Crippen LogP contribution is 2.37. The summed E-state index contributed by atoms with van der Waals surface area (Å²) >= 11 is 13.6. The largest absolute Gasteiger partial charge is 0.459 e. The van der Waals surface area contributed by atoms with Crippen LogP contribution in [0.25, 0.3) is 10.2 Å². The number of benzene rings is 1. The average Bonchev–Trinajstić information content (AvgIpc) is 2.89. The van der Waals surface area contributed by atoms with E-state index in [0.29, 0.717) is 31.3 Å². The van der Waals surface area contributed by atoms with E-state index in [4.69, 9.17) is 27.9 Å². The van der Waals surface area contributed by atoms with Crippen molar-refractivity contribution >= 4 is 62.2 Å². The minimum absolute atomic E-state index is 0.189. The number of hydrogen-bond acceptors (Lipinski definition) is 6. The number of aromatic nitrogens is 2. The molecule has 3 rings (SSSR count). The van der Waals surface area contributed by atoms with Gasteiger partial charge in [0.1, 0.15) is 21.9 Å². The fourth-order valence-corrected chi connectivity index (χ4v) is 3.74. The summed E-state index contributed by atoms with van der Waals surface area (Å²) in [5.74, 6) is 0.203. The van der Waals surface area contributed by atoms with Crippen LogP contribution in [0.5, 0.6) is 0 Å². The van der Waals surface area contributed by atoms with Crippen molar-refractivity contribution < 1.29 is 9.53 Å². The molecule has 0 unspecified atom stereocenters. The Morgan fingerprint density at radius 1 is 1.28 bits per heavy atom. The normalized spacial score (nSPS) is 11.1. The third-order valence-corrected chi connectivity index (χ3v) is 5.46. The van der Waals surface area contributed by atoms with Crippen LogP contribution in [0.4, 0.5) is 11.5 Å². The van der Waals surface area contributed by atoms with Crippen LogP contribution in [0.1, 0.15) is 29.1 Å². The quantitative estimate of drug-likeness (QED) is 0.581. The SMILES string of the molecule is Cc1c(C(=O)OC(C)C)sc2ncnc(Nc3cccc(Cl)c3Cl)c12. The molecule has 1 aromatic carbocycles. The molecule has 0 bridgehead atoms. The highest BCUT2D eigenvalue weighted by molar-refractivity contribution is 7.20. The number of ether oxygens (including phenoxy) is 1. The molecule has 0 amide bonds. The van der Waals surface area contributed by atoms with Gasteiger partial charge < -0.3 is 10.1 Å². The van der Waals surface area contributed by atoms with Gasteiger partial charge in [-0.1, -0.05) is 29.3 Å². The predicted octanol–water partition coefficient (Wildman–Crippen LogP) is 5.62. The predicted molar refractivity (Wildman–Crippen MR) is 102 cm³/mol. The highest BCUT2D eigenvalue weighted by atomic mass is 35.5. The summed E-state index contributed by atoms with van der Waals surface area (Å²) in [7, 11) is 0. The molecule has 0 aliphatic heterocycles. The fraction of sp³-hybridized carbons (Fsp3) is 0.235. The van der Waals surface area contributed by atoms with E-state index in [1.165, 1.54) is 17.7 Å². The van der Waals surface area contributed by atoms with Crippen molar-refractivity contribution in [1.82, 2.24) is 9.97 Å². The molecule has 1 N–H and O–H groups in total. The van der Waals surface area contributed by atoms with Crippen molar-refractivity contribution in [1.29, 1.82) is 0 Å². The van der Waals surface area contributed by atoms with E-state index in [9.17, 15) is 4.79 Å². The third kappa shape index (κ3) is 3.56. The summed E-state index contributed by atoms with van der Waals surface area (Å²) in [5.41, 5.74) is 1.40. The standard InChI is InChI=1S/C17H15Cl2N3O2S/c1-8(2)24-17(23)14-9(3)12-15(20-7-21-16(12)25-14)22-11-6-4-5-10(18)13(11)19/h4-8H,1-3H3,(H,20,21,22). The number of aryl methyl sites for hydroxylation is 1. The number of nitrogens with one attached hydrogen (secondary N) is 1. The van der Waals surface area contributed by atoms with Crippen LogP contribution in [0, 0.1) is 6.92 Å². The molecule has 0 aliphatic rings. The van der Waals surface area contributed by atoms with Crippen molar-refractivity contribution in [2.24, 2.45) is 0 Å². The van der Waals surface area contributed by atoms with Crippen molar-refractivity contribution in [3.05, 3.63) is 45.0 Å². The first-order chi connectivity index (χ1) is 11.9. The lowest BCUT2D eigenvalue weighted by Gasteiger charge is -2.10. The Balaban J connectivity index is 2.06. The van der Waals surface area contributed by atoms with Gasteiger partial charge in [0.15, 0.2) is 0 Å². The second kappa shape index (κ2) is 7.15. The molecule has 130 valence electrons. The van der Waals surface area contributed by atoms with Crippen LogP contribution in [0.2, 0.25) is 10.0 Å². The van der Waals surface area contributed by atoms with Gasteiger partial charge in [-0.15, -0.1) is 11.3 Å². The summed E-state index contributed by atoms with van der Waals surface area (Å²) in [6.45, 7) is 5.48. The van der Waals surface area contributed by atoms with Gasteiger partial charge in [-0.2, -0.15) is 0 Å². The van der Waals surface area contributed by atoms with Gasteiger partial charge in [-0.05, 0) is 38.5 Å². The zero-order valence-electron chi connectivity index (χ0n) is 13.8. The maximum Gasteiger partial charge on any atom is 0.348 e. The molecule has 5 nitrogen and oxygen atoms in total. The van der Waals surface area contributed by atoms with Crippen molar-refractivity contribution in [3.63, 3.8) is 0 Å². The Labute approximate surface area is 159 Å². The van der Waals surface area contributed by atoms with E-state index in [1.807, 2.05) is 20.8 Å². The van der Waals surface area contributed by atoms with Crippen LogP contribution in [0.15, 0.2) is 24.5 Å². The molecule has 0 fully saturated rings. The van der Waals surface area contributed by atoms with Gasteiger partial charge >= 0.3 is 5.97 Å². The van der Waals surface area contributed by atoms with Crippen LogP contribution in [0.3, 0.4) is 0 Å². The van der Waals surface area contributed by atoms with Crippen LogP contribution < -0.4 is 5.32 Å².